The van der Waals surface area contributed by atoms with E-state index in [1.165, 1.54) is 5.56 Å². The average molecular weight is 340 g/mol. The van der Waals surface area contributed by atoms with Crippen LogP contribution in [0.1, 0.15) is 12.0 Å². The Hall–Kier alpha value is -0.490. The van der Waals surface area contributed by atoms with E-state index in [9.17, 15) is 0 Å². The SMILES string of the molecule is I.NC(N)=NCCCc1ccc(Cl)cc1. The first-order chi connectivity index (χ1) is 6.68. The predicted molar refractivity (Wildman–Crippen MR) is 75.9 cm³/mol. The maximum absolute atomic E-state index is 5.76. The van der Waals surface area contributed by atoms with Gasteiger partial charge in [0.05, 0.1) is 0 Å². The van der Waals surface area contributed by atoms with Crippen LogP contribution < -0.4 is 11.5 Å². The number of aliphatic imine (C=N–C) groups is 1. The number of nitrogens with zero attached hydrogens (tertiary/aromatic N) is 1. The molecule has 15 heavy (non-hydrogen) atoms. The molecule has 0 aromatic heterocycles. The second-order valence-corrected chi connectivity index (χ2v) is 3.47. The summed E-state index contributed by atoms with van der Waals surface area (Å²) in [6, 6.07) is 7.80. The average Bonchev–Trinajstić information content (AvgIpc) is 2.15. The monoisotopic (exact) mass is 339 g/mol. The molecule has 84 valence electrons. The van der Waals surface area contributed by atoms with Crippen molar-refractivity contribution < 1.29 is 0 Å². The van der Waals surface area contributed by atoms with Crippen LogP contribution in [0.3, 0.4) is 0 Å². The molecule has 0 atom stereocenters. The van der Waals surface area contributed by atoms with Crippen LogP contribution in [0.2, 0.25) is 5.02 Å². The minimum atomic E-state index is 0. The first-order valence-corrected chi connectivity index (χ1v) is 4.86. The van der Waals surface area contributed by atoms with Gasteiger partial charge >= 0.3 is 0 Å². The fraction of sp³-hybridized carbons (Fsp3) is 0.300. The first-order valence-electron chi connectivity index (χ1n) is 4.48. The lowest BCUT2D eigenvalue weighted by atomic mass is 10.1. The van der Waals surface area contributed by atoms with Gasteiger partial charge in [-0.3, -0.25) is 4.99 Å². The van der Waals surface area contributed by atoms with Crippen LogP contribution in [0, 0.1) is 0 Å². The van der Waals surface area contributed by atoms with Gasteiger partial charge in [0.2, 0.25) is 0 Å². The van der Waals surface area contributed by atoms with Gasteiger partial charge in [-0.05, 0) is 30.5 Å². The van der Waals surface area contributed by atoms with Gasteiger partial charge in [-0.1, -0.05) is 23.7 Å². The third-order valence-corrected chi connectivity index (χ3v) is 2.08. The van der Waals surface area contributed by atoms with Gasteiger partial charge in [-0.25, -0.2) is 0 Å². The molecule has 0 saturated carbocycles. The lowest BCUT2D eigenvalue weighted by Crippen LogP contribution is -2.23. The molecule has 0 amide bonds. The minimum Gasteiger partial charge on any atom is -0.370 e. The third-order valence-electron chi connectivity index (χ3n) is 1.83. The predicted octanol–water partition coefficient (Wildman–Crippen LogP) is 2.16. The molecule has 4 N–H and O–H groups in total. The van der Waals surface area contributed by atoms with Crippen molar-refractivity contribution in [1.29, 1.82) is 0 Å². The van der Waals surface area contributed by atoms with Crippen molar-refractivity contribution in [2.75, 3.05) is 6.54 Å². The van der Waals surface area contributed by atoms with Crippen LogP contribution in [0.4, 0.5) is 0 Å². The molecule has 3 nitrogen and oxygen atoms in total. The van der Waals surface area contributed by atoms with Crippen molar-refractivity contribution in [1.82, 2.24) is 0 Å². The Morgan fingerprint density at radius 3 is 2.33 bits per heavy atom. The number of hydrogen-bond donors (Lipinski definition) is 2. The normalized spacial score (nSPS) is 9.13. The Morgan fingerprint density at radius 2 is 1.80 bits per heavy atom. The Labute approximate surface area is 112 Å². The number of benzene rings is 1. The highest BCUT2D eigenvalue weighted by molar-refractivity contribution is 14.0. The topological polar surface area (TPSA) is 64.4 Å². The number of nitrogens with two attached hydrogens (primary N) is 2. The number of rotatable bonds is 4. The summed E-state index contributed by atoms with van der Waals surface area (Å²) in [5.74, 6) is 0.154. The molecule has 1 aromatic carbocycles. The summed E-state index contributed by atoms with van der Waals surface area (Å²) in [5.41, 5.74) is 11.7. The number of hydrogen-bond acceptors (Lipinski definition) is 1. The van der Waals surface area contributed by atoms with Crippen LogP contribution in [0.25, 0.3) is 0 Å². The molecule has 0 aliphatic rings. The quantitative estimate of drug-likeness (QED) is 0.382. The molecular weight excluding hydrogens is 324 g/mol. The molecule has 1 rings (SSSR count). The standard InChI is InChI=1S/C10H14ClN3.HI/c11-9-5-3-8(4-6-9)2-1-7-14-10(12)13;/h3-6H,1-2,7H2,(H4,12,13,14);1H. The van der Waals surface area contributed by atoms with E-state index in [4.69, 9.17) is 23.1 Å². The molecule has 0 bridgehead atoms. The number of aryl methyl sites for hydroxylation is 1. The molecule has 0 aliphatic carbocycles. The lowest BCUT2D eigenvalue weighted by molar-refractivity contribution is 0.831. The van der Waals surface area contributed by atoms with Crippen molar-refractivity contribution in [3.05, 3.63) is 34.9 Å². The van der Waals surface area contributed by atoms with Gasteiger partial charge in [-0.2, -0.15) is 0 Å². The van der Waals surface area contributed by atoms with Gasteiger partial charge < -0.3 is 11.5 Å². The van der Waals surface area contributed by atoms with Gasteiger partial charge in [0.25, 0.3) is 0 Å². The highest BCUT2D eigenvalue weighted by Crippen LogP contribution is 2.10. The van der Waals surface area contributed by atoms with Gasteiger partial charge in [0.15, 0.2) is 5.96 Å². The van der Waals surface area contributed by atoms with Crippen LogP contribution >= 0.6 is 35.6 Å². The van der Waals surface area contributed by atoms with Crippen molar-refractivity contribution in [2.24, 2.45) is 16.5 Å². The van der Waals surface area contributed by atoms with E-state index < -0.39 is 0 Å². The summed E-state index contributed by atoms with van der Waals surface area (Å²) < 4.78 is 0. The zero-order valence-electron chi connectivity index (χ0n) is 8.32. The Morgan fingerprint density at radius 1 is 1.20 bits per heavy atom. The molecule has 0 spiro atoms. The van der Waals surface area contributed by atoms with Crippen molar-refractivity contribution >= 4 is 41.5 Å². The minimum absolute atomic E-state index is 0. The molecule has 0 saturated heterocycles. The number of halogens is 2. The van der Waals surface area contributed by atoms with E-state index >= 15 is 0 Å². The van der Waals surface area contributed by atoms with Crippen LogP contribution in [0.5, 0.6) is 0 Å². The maximum atomic E-state index is 5.76. The fourth-order valence-corrected chi connectivity index (χ4v) is 1.27. The Kier molecular flexibility index (Phi) is 7.50. The summed E-state index contributed by atoms with van der Waals surface area (Å²) >= 11 is 5.76. The van der Waals surface area contributed by atoms with Gasteiger partial charge in [0, 0.05) is 11.6 Å². The molecule has 1 aromatic rings. The van der Waals surface area contributed by atoms with E-state index in [0.29, 0.717) is 6.54 Å². The van der Waals surface area contributed by atoms with Crippen molar-refractivity contribution in [3.63, 3.8) is 0 Å². The van der Waals surface area contributed by atoms with E-state index in [1.54, 1.807) is 0 Å². The van der Waals surface area contributed by atoms with E-state index in [1.807, 2.05) is 24.3 Å². The van der Waals surface area contributed by atoms with E-state index in [-0.39, 0.29) is 29.9 Å². The summed E-state index contributed by atoms with van der Waals surface area (Å²) in [7, 11) is 0. The zero-order valence-corrected chi connectivity index (χ0v) is 11.4. The molecule has 0 unspecified atom stereocenters. The highest BCUT2D eigenvalue weighted by Gasteiger charge is 1.92. The van der Waals surface area contributed by atoms with Crippen LogP contribution in [-0.2, 0) is 6.42 Å². The lowest BCUT2D eigenvalue weighted by Gasteiger charge is -1.99. The number of guanidine groups is 1. The van der Waals surface area contributed by atoms with Crippen molar-refractivity contribution in [3.8, 4) is 0 Å². The van der Waals surface area contributed by atoms with Gasteiger partial charge in [-0.15, -0.1) is 24.0 Å². The highest BCUT2D eigenvalue weighted by atomic mass is 127. The Bertz CT molecular complexity index is 307. The molecule has 0 aliphatic heterocycles. The van der Waals surface area contributed by atoms with Crippen molar-refractivity contribution in [2.45, 2.75) is 12.8 Å². The molecule has 0 fully saturated rings. The molecule has 0 radical (unpaired) electrons. The summed E-state index contributed by atoms with van der Waals surface area (Å²) in [5, 5.41) is 0.762. The van der Waals surface area contributed by atoms with Crippen LogP contribution in [0.15, 0.2) is 29.3 Å². The summed E-state index contributed by atoms with van der Waals surface area (Å²) in [6.07, 6.45) is 1.91. The second kappa shape index (κ2) is 7.76. The Balaban J connectivity index is 0.00000196. The fourth-order valence-electron chi connectivity index (χ4n) is 1.14. The van der Waals surface area contributed by atoms with Gasteiger partial charge in [0.1, 0.15) is 0 Å². The first kappa shape index (κ1) is 14.5. The third kappa shape index (κ3) is 6.57. The molecular formula is C10H15ClIN3. The summed E-state index contributed by atoms with van der Waals surface area (Å²) in [6.45, 7) is 0.672. The van der Waals surface area contributed by atoms with Crippen LogP contribution in [-0.4, -0.2) is 12.5 Å². The molecule has 5 heteroatoms. The molecule has 0 heterocycles. The smallest absolute Gasteiger partial charge is 0.185 e. The maximum Gasteiger partial charge on any atom is 0.185 e. The zero-order chi connectivity index (χ0) is 10.4. The largest absolute Gasteiger partial charge is 0.370 e. The van der Waals surface area contributed by atoms with E-state index in [0.717, 1.165) is 17.9 Å². The van der Waals surface area contributed by atoms with E-state index in [2.05, 4.69) is 4.99 Å². The summed E-state index contributed by atoms with van der Waals surface area (Å²) in [4.78, 5) is 3.90. The second-order valence-electron chi connectivity index (χ2n) is 3.04.